The van der Waals surface area contributed by atoms with E-state index in [1.807, 2.05) is 0 Å². The lowest BCUT2D eigenvalue weighted by Gasteiger charge is -2.15. The van der Waals surface area contributed by atoms with Crippen molar-refractivity contribution in [1.29, 1.82) is 0 Å². The van der Waals surface area contributed by atoms with Crippen LogP contribution in [0.1, 0.15) is 25.3 Å². The number of rotatable bonds is 11. The molecular formula is C17H27F2N3O3. The molecule has 0 atom stereocenters. The third kappa shape index (κ3) is 8.53. The van der Waals surface area contributed by atoms with Gasteiger partial charge in [-0.3, -0.25) is 4.99 Å². The van der Waals surface area contributed by atoms with Crippen LogP contribution in [0.15, 0.2) is 23.2 Å². The van der Waals surface area contributed by atoms with Crippen molar-refractivity contribution in [1.82, 2.24) is 10.6 Å². The molecule has 1 rings (SSSR count). The van der Waals surface area contributed by atoms with Gasteiger partial charge in [0.05, 0.1) is 13.7 Å². The maximum absolute atomic E-state index is 12.5. The summed E-state index contributed by atoms with van der Waals surface area (Å²) < 4.78 is 40.2. The normalized spacial score (nSPS) is 11.5. The van der Waals surface area contributed by atoms with Crippen LogP contribution in [0.5, 0.6) is 11.5 Å². The molecule has 142 valence electrons. The topological polar surface area (TPSA) is 64.1 Å². The molecule has 0 aromatic heterocycles. The summed E-state index contributed by atoms with van der Waals surface area (Å²) in [6.07, 6.45) is 2.13. The fraction of sp³-hybridized carbons (Fsp3) is 0.588. The molecule has 0 unspecified atom stereocenters. The maximum atomic E-state index is 12.5. The van der Waals surface area contributed by atoms with Crippen LogP contribution < -0.4 is 20.1 Å². The molecule has 0 amide bonds. The monoisotopic (exact) mass is 359 g/mol. The number of ether oxygens (including phenoxy) is 3. The van der Waals surface area contributed by atoms with Crippen LogP contribution in [0.4, 0.5) is 8.78 Å². The van der Waals surface area contributed by atoms with Crippen LogP contribution in [0.3, 0.4) is 0 Å². The Labute approximate surface area is 147 Å². The number of nitrogens with one attached hydrogen (secondary N) is 2. The van der Waals surface area contributed by atoms with Gasteiger partial charge in [-0.2, -0.15) is 8.78 Å². The van der Waals surface area contributed by atoms with Gasteiger partial charge in [-0.15, -0.1) is 0 Å². The first-order valence-electron chi connectivity index (χ1n) is 8.24. The number of halogens is 2. The Balaban J connectivity index is 2.53. The molecule has 0 aliphatic heterocycles. The van der Waals surface area contributed by atoms with E-state index in [4.69, 9.17) is 9.47 Å². The quantitative estimate of drug-likeness (QED) is 0.361. The standard InChI is InChI=1S/C17H27F2N3O3/c1-4-5-9-24-10-8-21-17(20-2)22-12-13-11-14(23-3)6-7-15(13)25-16(18)19/h6-7,11,16H,4-5,8-10,12H2,1-3H3,(H2,20,21,22). The fourth-order valence-electron chi connectivity index (χ4n) is 2.02. The second-order valence-electron chi connectivity index (χ2n) is 5.17. The van der Waals surface area contributed by atoms with Crippen molar-refractivity contribution < 1.29 is 23.0 Å². The summed E-state index contributed by atoms with van der Waals surface area (Å²) in [5.74, 6) is 1.21. The predicted molar refractivity (Wildman–Crippen MR) is 93.6 cm³/mol. The highest BCUT2D eigenvalue weighted by molar-refractivity contribution is 5.79. The van der Waals surface area contributed by atoms with E-state index in [0.717, 1.165) is 19.4 Å². The van der Waals surface area contributed by atoms with Crippen molar-refractivity contribution in [2.45, 2.75) is 32.9 Å². The molecule has 25 heavy (non-hydrogen) atoms. The van der Waals surface area contributed by atoms with Crippen molar-refractivity contribution in [3.05, 3.63) is 23.8 Å². The maximum Gasteiger partial charge on any atom is 0.387 e. The highest BCUT2D eigenvalue weighted by Crippen LogP contribution is 2.25. The number of methoxy groups -OCH3 is 1. The zero-order valence-electron chi connectivity index (χ0n) is 15.0. The smallest absolute Gasteiger partial charge is 0.387 e. The molecule has 2 N–H and O–H groups in total. The number of alkyl halides is 2. The number of hydrogen-bond acceptors (Lipinski definition) is 4. The number of guanidine groups is 1. The van der Waals surface area contributed by atoms with Crippen molar-refractivity contribution in [3.63, 3.8) is 0 Å². The molecule has 0 saturated carbocycles. The van der Waals surface area contributed by atoms with Gasteiger partial charge in [-0.1, -0.05) is 13.3 Å². The summed E-state index contributed by atoms with van der Waals surface area (Å²) in [6, 6.07) is 4.67. The summed E-state index contributed by atoms with van der Waals surface area (Å²) in [7, 11) is 3.15. The lowest BCUT2D eigenvalue weighted by molar-refractivity contribution is -0.0504. The minimum atomic E-state index is -2.88. The minimum absolute atomic E-state index is 0.0988. The third-order valence-corrected chi connectivity index (χ3v) is 3.33. The summed E-state index contributed by atoms with van der Waals surface area (Å²) in [4.78, 5) is 4.09. The molecular weight excluding hydrogens is 332 g/mol. The highest BCUT2D eigenvalue weighted by atomic mass is 19.3. The lowest BCUT2D eigenvalue weighted by Crippen LogP contribution is -2.38. The molecule has 0 saturated heterocycles. The molecule has 0 spiro atoms. The van der Waals surface area contributed by atoms with Gasteiger partial charge in [0.1, 0.15) is 11.5 Å². The van der Waals surface area contributed by atoms with Crippen molar-refractivity contribution in [2.75, 3.05) is 33.9 Å². The van der Waals surface area contributed by atoms with Gasteiger partial charge in [-0.25, -0.2) is 0 Å². The molecule has 8 heteroatoms. The summed E-state index contributed by atoms with van der Waals surface area (Å²) in [6.45, 7) is 1.39. The van der Waals surface area contributed by atoms with Gasteiger partial charge in [-0.05, 0) is 24.6 Å². The molecule has 0 heterocycles. The predicted octanol–water partition coefficient (Wildman–Crippen LogP) is 2.78. The van der Waals surface area contributed by atoms with Crippen LogP contribution in [0.2, 0.25) is 0 Å². The second kappa shape index (κ2) is 12.3. The molecule has 0 fully saturated rings. The Kier molecular flexibility index (Phi) is 10.3. The first-order valence-corrected chi connectivity index (χ1v) is 8.24. The van der Waals surface area contributed by atoms with Gasteiger partial charge in [0.25, 0.3) is 0 Å². The third-order valence-electron chi connectivity index (χ3n) is 3.33. The van der Waals surface area contributed by atoms with Crippen LogP contribution in [-0.4, -0.2) is 46.5 Å². The van der Waals surface area contributed by atoms with E-state index in [1.54, 1.807) is 19.2 Å². The van der Waals surface area contributed by atoms with Gasteiger partial charge < -0.3 is 24.8 Å². The minimum Gasteiger partial charge on any atom is -0.497 e. The van der Waals surface area contributed by atoms with Crippen LogP contribution in [0, 0.1) is 0 Å². The molecule has 1 aromatic rings. The molecule has 0 aliphatic rings. The number of hydrogen-bond donors (Lipinski definition) is 2. The zero-order valence-corrected chi connectivity index (χ0v) is 15.0. The first kappa shape index (κ1) is 21.0. The van der Waals surface area contributed by atoms with Gasteiger partial charge in [0, 0.05) is 32.3 Å². The van der Waals surface area contributed by atoms with Crippen molar-refractivity contribution >= 4 is 5.96 Å². The average Bonchev–Trinajstić information content (AvgIpc) is 2.61. The summed E-state index contributed by atoms with van der Waals surface area (Å²) >= 11 is 0. The largest absolute Gasteiger partial charge is 0.497 e. The number of unbranched alkanes of at least 4 members (excludes halogenated alkanes) is 1. The first-order chi connectivity index (χ1) is 12.1. The van der Waals surface area contributed by atoms with Crippen molar-refractivity contribution in [3.8, 4) is 11.5 Å². The molecule has 6 nitrogen and oxygen atoms in total. The number of nitrogens with zero attached hydrogens (tertiary/aromatic N) is 1. The van der Waals surface area contributed by atoms with E-state index < -0.39 is 6.61 Å². The number of benzene rings is 1. The van der Waals surface area contributed by atoms with E-state index in [0.29, 0.717) is 30.4 Å². The van der Waals surface area contributed by atoms with E-state index in [2.05, 4.69) is 27.3 Å². The SMILES string of the molecule is CCCCOCCNC(=NC)NCc1cc(OC)ccc1OC(F)F. The average molecular weight is 359 g/mol. The highest BCUT2D eigenvalue weighted by Gasteiger charge is 2.11. The van der Waals surface area contributed by atoms with E-state index >= 15 is 0 Å². The molecule has 0 aliphatic carbocycles. The van der Waals surface area contributed by atoms with Gasteiger partial charge in [0.15, 0.2) is 5.96 Å². The lowest BCUT2D eigenvalue weighted by atomic mass is 10.2. The van der Waals surface area contributed by atoms with Crippen molar-refractivity contribution in [2.24, 2.45) is 4.99 Å². The second-order valence-corrected chi connectivity index (χ2v) is 5.17. The fourth-order valence-corrected chi connectivity index (χ4v) is 2.02. The Morgan fingerprint density at radius 1 is 1.24 bits per heavy atom. The van der Waals surface area contributed by atoms with E-state index in [9.17, 15) is 8.78 Å². The number of aliphatic imine (C=N–C) groups is 1. The Morgan fingerprint density at radius 3 is 2.68 bits per heavy atom. The summed E-state index contributed by atoms with van der Waals surface area (Å²) in [5, 5.41) is 6.15. The van der Waals surface area contributed by atoms with Crippen LogP contribution in [0.25, 0.3) is 0 Å². The van der Waals surface area contributed by atoms with Crippen LogP contribution >= 0.6 is 0 Å². The molecule has 1 aromatic carbocycles. The van der Waals surface area contributed by atoms with E-state index in [1.165, 1.54) is 13.2 Å². The zero-order chi connectivity index (χ0) is 18.5. The van der Waals surface area contributed by atoms with E-state index in [-0.39, 0.29) is 12.3 Å². The Hall–Kier alpha value is -2.09. The Bertz CT molecular complexity index is 528. The van der Waals surface area contributed by atoms with Gasteiger partial charge >= 0.3 is 6.61 Å². The summed E-state index contributed by atoms with van der Waals surface area (Å²) in [5.41, 5.74) is 0.543. The van der Waals surface area contributed by atoms with Gasteiger partial charge in [0.2, 0.25) is 0 Å². The molecule has 0 bridgehead atoms. The molecule has 0 radical (unpaired) electrons. The van der Waals surface area contributed by atoms with Crippen LogP contribution in [-0.2, 0) is 11.3 Å². The Morgan fingerprint density at radius 2 is 2.04 bits per heavy atom.